The van der Waals surface area contributed by atoms with Crippen LogP contribution in [-0.4, -0.2) is 45.1 Å². The van der Waals surface area contributed by atoms with E-state index in [9.17, 15) is 13.2 Å². The Morgan fingerprint density at radius 1 is 1.12 bits per heavy atom. The lowest BCUT2D eigenvalue weighted by Gasteiger charge is -2.29. The third-order valence-electron chi connectivity index (χ3n) is 4.85. The summed E-state index contributed by atoms with van der Waals surface area (Å²) in [5.74, 6) is -0.0568. The summed E-state index contributed by atoms with van der Waals surface area (Å²) in [6.45, 7) is 3.29. The molecule has 0 spiro atoms. The average molecular weight is 372 g/mol. The zero-order chi connectivity index (χ0) is 18.9. The van der Waals surface area contributed by atoms with Gasteiger partial charge in [0.15, 0.2) is 9.84 Å². The normalized spacial score (nSPS) is 17.6. The van der Waals surface area contributed by atoms with Crippen LogP contribution in [0.3, 0.4) is 0 Å². The molecule has 0 saturated carbocycles. The molecule has 3 rings (SSSR count). The van der Waals surface area contributed by atoms with Gasteiger partial charge in [-0.2, -0.15) is 0 Å². The summed E-state index contributed by atoms with van der Waals surface area (Å²) in [5.41, 5.74) is 2.79. The van der Waals surface area contributed by atoms with Gasteiger partial charge in [-0.3, -0.25) is 4.79 Å². The molecule has 1 atom stereocenters. The summed E-state index contributed by atoms with van der Waals surface area (Å²) >= 11 is 0. The van der Waals surface area contributed by atoms with Gasteiger partial charge in [0.05, 0.1) is 11.3 Å². The van der Waals surface area contributed by atoms with E-state index in [0.29, 0.717) is 12.1 Å². The molecule has 2 aromatic carbocycles. The molecule has 1 amide bonds. The number of anilines is 1. The number of carbonyl (C=O) groups is 1. The van der Waals surface area contributed by atoms with E-state index in [2.05, 4.69) is 11.0 Å². The summed E-state index contributed by atoms with van der Waals surface area (Å²) < 4.78 is 24.0. The van der Waals surface area contributed by atoms with Crippen molar-refractivity contribution in [3.05, 3.63) is 59.7 Å². The summed E-state index contributed by atoms with van der Waals surface area (Å²) in [6, 6.07) is 14.8. The molecule has 1 heterocycles. The molecule has 0 radical (unpaired) electrons. The standard InChI is InChI=1S/C20H24N2O3S/c1-15-13-21(2)18-10-6-4-9-17(18)14-22(15)20(23)12-16-8-5-7-11-19(16)26(3,24)25/h4-11,15H,12-14H2,1-3H3. The Morgan fingerprint density at radius 3 is 2.50 bits per heavy atom. The van der Waals surface area contributed by atoms with E-state index >= 15 is 0 Å². The van der Waals surface area contributed by atoms with Crippen molar-refractivity contribution in [2.75, 3.05) is 24.7 Å². The van der Waals surface area contributed by atoms with Crippen LogP contribution in [0, 0.1) is 0 Å². The molecule has 0 aromatic heterocycles. The second-order valence-corrected chi connectivity index (χ2v) is 8.92. The Bertz CT molecular complexity index is 924. The van der Waals surface area contributed by atoms with E-state index in [4.69, 9.17) is 0 Å². The van der Waals surface area contributed by atoms with Gasteiger partial charge in [0.2, 0.25) is 5.91 Å². The zero-order valence-electron chi connectivity index (χ0n) is 15.3. The first-order chi connectivity index (χ1) is 12.3. The third-order valence-corrected chi connectivity index (χ3v) is 6.05. The zero-order valence-corrected chi connectivity index (χ0v) is 16.2. The number of para-hydroxylation sites is 1. The summed E-state index contributed by atoms with van der Waals surface area (Å²) in [4.78, 5) is 17.3. The first-order valence-electron chi connectivity index (χ1n) is 8.64. The summed E-state index contributed by atoms with van der Waals surface area (Å²) in [5, 5.41) is 0. The van der Waals surface area contributed by atoms with E-state index in [0.717, 1.165) is 17.8 Å². The maximum absolute atomic E-state index is 13.0. The summed E-state index contributed by atoms with van der Waals surface area (Å²) in [7, 11) is -1.34. The molecule has 138 valence electrons. The highest BCUT2D eigenvalue weighted by Gasteiger charge is 2.27. The van der Waals surface area contributed by atoms with Crippen LogP contribution in [-0.2, 0) is 27.6 Å². The van der Waals surface area contributed by atoms with Gasteiger partial charge in [-0.1, -0.05) is 36.4 Å². The molecule has 5 nitrogen and oxygen atoms in total. The largest absolute Gasteiger partial charge is 0.372 e. The second-order valence-electron chi connectivity index (χ2n) is 6.94. The third kappa shape index (κ3) is 3.75. The van der Waals surface area contributed by atoms with Gasteiger partial charge in [-0.25, -0.2) is 8.42 Å². The number of carbonyl (C=O) groups excluding carboxylic acids is 1. The van der Waals surface area contributed by atoms with E-state index in [1.807, 2.05) is 37.1 Å². The molecule has 1 aliphatic heterocycles. The number of benzene rings is 2. The lowest BCUT2D eigenvalue weighted by Crippen LogP contribution is -2.42. The predicted octanol–water partition coefficient (Wildman–Crippen LogP) is 2.50. The Labute approximate surface area is 155 Å². The van der Waals surface area contributed by atoms with Crippen molar-refractivity contribution < 1.29 is 13.2 Å². The van der Waals surface area contributed by atoms with Crippen LogP contribution in [0.15, 0.2) is 53.4 Å². The number of nitrogens with zero attached hydrogens (tertiary/aromatic N) is 2. The molecule has 0 bridgehead atoms. The highest BCUT2D eigenvalue weighted by molar-refractivity contribution is 7.90. The smallest absolute Gasteiger partial charge is 0.227 e. The van der Waals surface area contributed by atoms with Crippen LogP contribution < -0.4 is 4.90 Å². The summed E-state index contributed by atoms with van der Waals surface area (Å²) in [6.07, 6.45) is 1.26. The quantitative estimate of drug-likeness (QED) is 0.831. The minimum atomic E-state index is -3.37. The van der Waals surface area contributed by atoms with E-state index in [1.165, 1.54) is 6.26 Å². The highest BCUT2D eigenvalue weighted by Crippen LogP contribution is 2.27. The van der Waals surface area contributed by atoms with Crippen LogP contribution in [0.4, 0.5) is 5.69 Å². The number of hydrogen-bond acceptors (Lipinski definition) is 4. The SMILES string of the molecule is CC1CN(C)c2ccccc2CN1C(=O)Cc1ccccc1S(C)(=O)=O. The number of likely N-dealkylation sites (N-methyl/N-ethyl adjacent to an activating group) is 1. The monoisotopic (exact) mass is 372 g/mol. The first kappa shape index (κ1) is 18.5. The molecule has 1 aliphatic rings. The number of hydrogen-bond donors (Lipinski definition) is 0. The van der Waals surface area contributed by atoms with Gasteiger partial charge in [0.25, 0.3) is 0 Å². The number of sulfone groups is 1. The molecular weight excluding hydrogens is 348 g/mol. The Kier molecular flexibility index (Phi) is 5.05. The molecule has 0 saturated heterocycles. The topological polar surface area (TPSA) is 57.7 Å². The van der Waals surface area contributed by atoms with Crippen molar-refractivity contribution in [1.82, 2.24) is 4.90 Å². The maximum Gasteiger partial charge on any atom is 0.227 e. The molecule has 2 aromatic rings. The minimum Gasteiger partial charge on any atom is -0.372 e. The Hall–Kier alpha value is -2.34. The number of rotatable bonds is 3. The Balaban J connectivity index is 1.89. The van der Waals surface area contributed by atoms with E-state index < -0.39 is 9.84 Å². The second kappa shape index (κ2) is 7.11. The van der Waals surface area contributed by atoms with Crippen molar-refractivity contribution in [1.29, 1.82) is 0 Å². The lowest BCUT2D eigenvalue weighted by atomic mass is 10.1. The fourth-order valence-electron chi connectivity index (χ4n) is 3.56. The maximum atomic E-state index is 13.0. The van der Waals surface area contributed by atoms with Gasteiger partial charge >= 0.3 is 0 Å². The molecule has 26 heavy (non-hydrogen) atoms. The van der Waals surface area contributed by atoms with Crippen molar-refractivity contribution in [3.8, 4) is 0 Å². The van der Waals surface area contributed by atoms with Gasteiger partial charge in [-0.05, 0) is 30.2 Å². The van der Waals surface area contributed by atoms with Gasteiger partial charge in [0.1, 0.15) is 0 Å². The molecule has 0 N–H and O–H groups in total. The lowest BCUT2D eigenvalue weighted by molar-refractivity contribution is -0.132. The first-order valence-corrected chi connectivity index (χ1v) is 10.5. The predicted molar refractivity (Wildman–Crippen MR) is 103 cm³/mol. The van der Waals surface area contributed by atoms with Crippen LogP contribution in [0.5, 0.6) is 0 Å². The number of fused-ring (bicyclic) bond motifs is 1. The molecule has 0 aliphatic carbocycles. The fourth-order valence-corrected chi connectivity index (χ4v) is 4.50. The van der Waals surface area contributed by atoms with E-state index in [1.54, 1.807) is 24.3 Å². The van der Waals surface area contributed by atoms with Crippen molar-refractivity contribution in [3.63, 3.8) is 0 Å². The van der Waals surface area contributed by atoms with Gasteiger partial charge in [0, 0.05) is 38.1 Å². The average Bonchev–Trinajstić information content (AvgIpc) is 2.71. The van der Waals surface area contributed by atoms with E-state index in [-0.39, 0.29) is 23.3 Å². The molecule has 0 fully saturated rings. The highest BCUT2D eigenvalue weighted by atomic mass is 32.2. The van der Waals surface area contributed by atoms with Crippen molar-refractivity contribution in [2.45, 2.75) is 30.8 Å². The number of amides is 1. The van der Waals surface area contributed by atoms with Crippen molar-refractivity contribution >= 4 is 21.4 Å². The van der Waals surface area contributed by atoms with Gasteiger partial charge in [-0.15, -0.1) is 0 Å². The van der Waals surface area contributed by atoms with Crippen molar-refractivity contribution in [2.24, 2.45) is 0 Å². The minimum absolute atomic E-state index is 0.0327. The van der Waals surface area contributed by atoms with Crippen LogP contribution in [0.25, 0.3) is 0 Å². The van der Waals surface area contributed by atoms with Crippen LogP contribution >= 0.6 is 0 Å². The molecular formula is C20H24N2O3S. The molecule has 6 heteroatoms. The van der Waals surface area contributed by atoms with Gasteiger partial charge < -0.3 is 9.80 Å². The van der Waals surface area contributed by atoms with Crippen LogP contribution in [0.2, 0.25) is 0 Å². The fraction of sp³-hybridized carbons (Fsp3) is 0.350. The molecule has 1 unspecified atom stereocenters. The Morgan fingerprint density at radius 2 is 1.77 bits per heavy atom. The van der Waals surface area contributed by atoms with Crippen LogP contribution in [0.1, 0.15) is 18.1 Å².